The van der Waals surface area contributed by atoms with Gasteiger partial charge in [-0.3, -0.25) is 9.69 Å². The van der Waals surface area contributed by atoms with Gasteiger partial charge in [0.15, 0.2) is 0 Å². The molecule has 0 saturated heterocycles. The van der Waals surface area contributed by atoms with Crippen molar-refractivity contribution in [1.29, 1.82) is 0 Å². The van der Waals surface area contributed by atoms with E-state index < -0.39 is 11.7 Å². The molecule has 5 nitrogen and oxygen atoms in total. The highest BCUT2D eigenvalue weighted by atomic mass is 16.4. The smallest absolute Gasteiger partial charge is 0.345 e. The topological polar surface area (TPSA) is 70.7 Å². The molecular formula is C23H15NO4. The van der Waals surface area contributed by atoms with Crippen molar-refractivity contribution in [2.75, 3.05) is 4.90 Å². The third-order valence-corrected chi connectivity index (χ3v) is 5.09. The van der Waals surface area contributed by atoms with Gasteiger partial charge in [-0.25, -0.2) is 4.79 Å². The van der Waals surface area contributed by atoms with Crippen molar-refractivity contribution in [2.24, 2.45) is 0 Å². The van der Waals surface area contributed by atoms with Crippen LogP contribution < -0.4 is 10.5 Å². The number of fused-ring (bicyclic) bond motifs is 2. The first kappa shape index (κ1) is 16.3. The van der Waals surface area contributed by atoms with Gasteiger partial charge in [0.2, 0.25) is 0 Å². The average Bonchev–Trinajstić information content (AvgIpc) is 3.01. The lowest BCUT2D eigenvalue weighted by atomic mass is 9.97. The molecule has 1 amide bonds. The van der Waals surface area contributed by atoms with E-state index in [-0.39, 0.29) is 17.2 Å². The Balaban J connectivity index is 1.83. The summed E-state index contributed by atoms with van der Waals surface area (Å²) in [6, 6.07) is 22.3. The Kier molecular flexibility index (Phi) is 3.55. The molecule has 2 heterocycles. The van der Waals surface area contributed by atoms with Crippen molar-refractivity contribution in [1.82, 2.24) is 0 Å². The van der Waals surface area contributed by atoms with Gasteiger partial charge >= 0.3 is 5.63 Å². The molecule has 0 aliphatic carbocycles. The van der Waals surface area contributed by atoms with E-state index in [1.807, 2.05) is 24.3 Å². The first-order chi connectivity index (χ1) is 13.7. The maximum atomic E-state index is 13.2. The van der Waals surface area contributed by atoms with Crippen LogP contribution in [0.1, 0.15) is 27.5 Å². The summed E-state index contributed by atoms with van der Waals surface area (Å²) >= 11 is 0. The molecule has 1 unspecified atom stereocenters. The molecule has 0 bridgehead atoms. The maximum Gasteiger partial charge on any atom is 0.345 e. The monoisotopic (exact) mass is 369 g/mol. The number of benzene rings is 3. The van der Waals surface area contributed by atoms with E-state index in [4.69, 9.17) is 4.42 Å². The van der Waals surface area contributed by atoms with Gasteiger partial charge in [0, 0.05) is 11.3 Å². The highest BCUT2D eigenvalue weighted by Gasteiger charge is 2.41. The molecule has 4 aromatic rings. The predicted octanol–water partition coefficient (Wildman–Crippen LogP) is 4.25. The molecule has 1 atom stereocenters. The summed E-state index contributed by atoms with van der Waals surface area (Å²) in [6.07, 6.45) is 0. The number of carbonyl (C=O) groups is 1. The molecule has 3 aromatic carbocycles. The van der Waals surface area contributed by atoms with Crippen molar-refractivity contribution in [3.63, 3.8) is 0 Å². The number of para-hydroxylation sites is 2. The lowest BCUT2D eigenvalue weighted by Gasteiger charge is -2.25. The molecule has 1 aliphatic heterocycles. The summed E-state index contributed by atoms with van der Waals surface area (Å²) < 4.78 is 5.47. The minimum atomic E-state index is -0.771. The van der Waals surface area contributed by atoms with E-state index in [9.17, 15) is 14.7 Å². The van der Waals surface area contributed by atoms with E-state index in [1.54, 1.807) is 54.6 Å². The number of carbonyl (C=O) groups excluding carboxylic acids is 1. The summed E-state index contributed by atoms with van der Waals surface area (Å²) in [4.78, 5) is 27.6. The molecule has 1 aromatic heterocycles. The SMILES string of the molecule is O=C1c2ccccc2C(c2c(O)c3ccccc3oc2=O)N1c1ccccc1. The summed E-state index contributed by atoms with van der Waals surface area (Å²) in [5.41, 5.74) is 1.50. The highest BCUT2D eigenvalue weighted by molar-refractivity contribution is 6.12. The number of nitrogens with zero attached hydrogens (tertiary/aromatic N) is 1. The third-order valence-electron chi connectivity index (χ3n) is 5.09. The van der Waals surface area contributed by atoms with Gasteiger partial charge in [-0.1, -0.05) is 48.5 Å². The minimum absolute atomic E-state index is 0.0563. The van der Waals surface area contributed by atoms with Gasteiger partial charge in [-0.15, -0.1) is 0 Å². The lowest BCUT2D eigenvalue weighted by molar-refractivity contribution is 0.0993. The maximum absolute atomic E-state index is 13.2. The van der Waals surface area contributed by atoms with Crippen molar-refractivity contribution in [3.05, 3.63) is 106 Å². The van der Waals surface area contributed by atoms with Crippen LogP contribution in [-0.4, -0.2) is 11.0 Å². The number of hydrogen-bond donors (Lipinski definition) is 1. The predicted molar refractivity (Wildman–Crippen MR) is 106 cm³/mol. The van der Waals surface area contributed by atoms with Crippen LogP contribution >= 0.6 is 0 Å². The van der Waals surface area contributed by atoms with Crippen LogP contribution in [0.5, 0.6) is 5.75 Å². The fourth-order valence-corrected chi connectivity index (χ4v) is 3.84. The van der Waals surface area contributed by atoms with Gasteiger partial charge in [-0.2, -0.15) is 0 Å². The Morgan fingerprint density at radius 1 is 0.821 bits per heavy atom. The Morgan fingerprint density at radius 3 is 2.32 bits per heavy atom. The van der Waals surface area contributed by atoms with Crippen LogP contribution in [0.4, 0.5) is 5.69 Å². The summed E-state index contributed by atoms with van der Waals surface area (Å²) in [5.74, 6) is -0.388. The largest absolute Gasteiger partial charge is 0.507 e. The zero-order valence-corrected chi connectivity index (χ0v) is 14.7. The second kappa shape index (κ2) is 6.09. The molecule has 0 spiro atoms. The van der Waals surface area contributed by atoms with E-state index in [0.717, 1.165) is 0 Å². The second-order valence-corrected chi connectivity index (χ2v) is 6.65. The number of anilines is 1. The molecule has 5 rings (SSSR count). The Bertz CT molecular complexity index is 1280. The fraction of sp³-hybridized carbons (Fsp3) is 0.0435. The lowest BCUT2D eigenvalue weighted by Crippen LogP contribution is -2.31. The van der Waals surface area contributed by atoms with Crippen LogP contribution in [0.25, 0.3) is 11.0 Å². The zero-order chi connectivity index (χ0) is 19.3. The number of amides is 1. The first-order valence-corrected chi connectivity index (χ1v) is 8.89. The zero-order valence-electron chi connectivity index (χ0n) is 14.7. The van der Waals surface area contributed by atoms with Gasteiger partial charge in [-0.05, 0) is 35.9 Å². The fourth-order valence-electron chi connectivity index (χ4n) is 3.84. The molecule has 136 valence electrons. The van der Waals surface area contributed by atoms with E-state index in [0.29, 0.717) is 27.8 Å². The van der Waals surface area contributed by atoms with Crippen LogP contribution in [0.3, 0.4) is 0 Å². The second-order valence-electron chi connectivity index (χ2n) is 6.65. The van der Waals surface area contributed by atoms with Crippen molar-refractivity contribution in [2.45, 2.75) is 6.04 Å². The summed E-state index contributed by atoms with van der Waals surface area (Å²) in [7, 11) is 0. The van der Waals surface area contributed by atoms with Crippen LogP contribution in [0, 0.1) is 0 Å². The normalized spacial score (nSPS) is 15.8. The molecule has 0 saturated carbocycles. The van der Waals surface area contributed by atoms with Crippen LogP contribution in [0.15, 0.2) is 88.1 Å². The molecule has 5 heteroatoms. The van der Waals surface area contributed by atoms with Gasteiger partial charge in [0.05, 0.1) is 11.4 Å². The first-order valence-electron chi connectivity index (χ1n) is 8.89. The Labute approximate surface area is 160 Å². The van der Waals surface area contributed by atoms with E-state index in [1.165, 1.54) is 4.90 Å². The molecule has 0 radical (unpaired) electrons. The van der Waals surface area contributed by atoms with Crippen molar-refractivity contribution >= 4 is 22.6 Å². The average molecular weight is 369 g/mol. The molecule has 1 aliphatic rings. The van der Waals surface area contributed by atoms with Crippen LogP contribution in [0.2, 0.25) is 0 Å². The third kappa shape index (κ3) is 2.26. The highest BCUT2D eigenvalue weighted by Crippen LogP contribution is 2.44. The summed E-state index contributed by atoms with van der Waals surface area (Å²) in [5, 5.41) is 11.4. The van der Waals surface area contributed by atoms with Gasteiger partial charge in [0.1, 0.15) is 16.9 Å². The molecule has 28 heavy (non-hydrogen) atoms. The number of rotatable bonds is 2. The molecule has 1 N–H and O–H groups in total. The Morgan fingerprint density at radius 2 is 1.50 bits per heavy atom. The standard InChI is InChI=1S/C23H15NO4/c25-21-17-12-6-7-13-18(17)28-23(27)19(21)20-15-10-4-5-11-16(15)22(26)24(20)14-8-2-1-3-9-14/h1-13,20,25H. The Hall–Kier alpha value is -3.86. The van der Waals surface area contributed by atoms with Gasteiger partial charge in [0.25, 0.3) is 5.91 Å². The van der Waals surface area contributed by atoms with E-state index in [2.05, 4.69) is 0 Å². The van der Waals surface area contributed by atoms with Crippen molar-refractivity contribution < 1.29 is 14.3 Å². The quantitative estimate of drug-likeness (QED) is 0.536. The van der Waals surface area contributed by atoms with E-state index >= 15 is 0 Å². The van der Waals surface area contributed by atoms with Gasteiger partial charge < -0.3 is 9.52 Å². The van der Waals surface area contributed by atoms with Crippen molar-refractivity contribution in [3.8, 4) is 5.75 Å². The van der Waals surface area contributed by atoms with Crippen LogP contribution in [-0.2, 0) is 0 Å². The molecule has 0 fully saturated rings. The number of aromatic hydroxyl groups is 1. The summed E-state index contributed by atoms with van der Waals surface area (Å²) in [6.45, 7) is 0. The minimum Gasteiger partial charge on any atom is -0.507 e. The molecular weight excluding hydrogens is 354 g/mol. The number of hydrogen-bond acceptors (Lipinski definition) is 4.